The van der Waals surface area contributed by atoms with Crippen molar-refractivity contribution in [2.75, 3.05) is 5.32 Å². The highest BCUT2D eigenvalue weighted by Crippen LogP contribution is 2.30. The zero-order valence-corrected chi connectivity index (χ0v) is 22.1. The molecule has 2 aromatic carbocycles. The number of hydrogen-bond acceptors (Lipinski definition) is 8. The van der Waals surface area contributed by atoms with Crippen molar-refractivity contribution in [1.82, 2.24) is 29.5 Å². The molecule has 5 aromatic rings. The molecular weight excluding hydrogens is 558 g/mol. The van der Waals surface area contributed by atoms with Crippen molar-refractivity contribution in [3.63, 3.8) is 0 Å². The third-order valence-corrected chi connectivity index (χ3v) is 6.41. The Kier molecular flexibility index (Phi) is 7.16. The van der Waals surface area contributed by atoms with E-state index in [0.717, 1.165) is 15.6 Å². The number of fused-ring (bicyclic) bond motifs is 1. The van der Waals surface area contributed by atoms with Crippen LogP contribution < -0.4 is 16.4 Å². The lowest BCUT2D eigenvalue weighted by Gasteiger charge is -2.16. The van der Waals surface area contributed by atoms with Gasteiger partial charge in [-0.15, -0.1) is 0 Å². The molecule has 0 aliphatic carbocycles. The molecule has 214 valence electrons. The lowest BCUT2D eigenvalue weighted by Crippen LogP contribution is -2.24. The Hall–Kier alpha value is -5.24. The smallest absolute Gasteiger partial charge is 0.392 e. The van der Waals surface area contributed by atoms with Crippen molar-refractivity contribution < 1.29 is 22.7 Å². The number of allylic oxidation sites excluding steroid dienone is 1. The van der Waals surface area contributed by atoms with E-state index < -0.39 is 35.4 Å². The van der Waals surface area contributed by atoms with Crippen molar-refractivity contribution >= 4 is 27.9 Å². The van der Waals surface area contributed by atoms with E-state index in [1.54, 1.807) is 25.1 Å². The molecule has 2 N–H and O–H groups in total. The second-order valence-corrected chi connectivity index (χ2v) is 9.31. The van der Waals surface area contributed by atoms with E-state index in [4.69, 9.17) is 0 Å². The molecule has 0 spiro atoms. The molecule has 14 heteroatoms. The minimum atomic E-state index is -4.68. The average Bonchev–Trinajstić information content (AvgIpc) is 2.94. The minimum Gasteiger partial charge on any atom is -0.392 e. The van der Waals surface area contributed by atoms with Crippen LogP contribution in [0.25, 0.3) is 33.3 Å². The summed E-state index contributed by atoms with van der Waals surface area (Å²) < 4.78 is 55.5. The number of halogens is 4. The molecule has 0 unspecified atom stereocenters. The van der Waals surface area contributed by atoms with Crippen molar-refractivity contribution in [2.24, 2.45) is 7.05 Å². The molecule has 0 aliphatic rings. The number of benzene rings is 2. The van der Waals surface area contributed by atoms with Gasteiger partial charge in [-0.25, -0.2) is 19.0 Å². The molecule has 5 rings (SSSR count). The number of alkyl halides is 3. The van der Waals surface area contributed by atoms with Gasteiger partial charge >= 0.3 is 6.18 Å². The number of aryl methyl sites for hydroxylation is 1. The predicted molar refractivity (Wildman–Crippen MR) is 147 cm³/mol. The summed E-state index contributed by atoms with van der Waals surface area (Å²) in [6.45, 7) is 4.92. The Bertz CT molecular complexity index is 1980. The summed E-state index contributed by atoms with van der Waals surface area (Å²) in [5, 5.41) is 21.5. The van der Waals surface area contributed by atoms with Crippen molar-refractivity contribution in [3.8, 4) is 16.9 Å². The number of hydrogen-bond donors (Lipinski definition) is 2. The third-order valence-electron chi connectivity index (χ3n) is 6.41. The second kappa shape index (κ2) is 10.6. The van der Waals surface area contributed by atoms with E-state index in [9.17, 15) is 27.9 Å². The number of aliphatic hydroxyl groups excluding tert-OH is 1. The normalized spacial score (nSPS) is 11.6. The maximum atomic E-state index is 15.0. The number of anilines is 2. The maximum absolute atomic E-state index is 15.0. The lowest BCUT2D eigenvalue weighted by atomic mass is 10.0. The highest BCUT2D eigenvalue weighted by atomic mass is 19.4. The number of aromatic nitrogens is 6. The van der Waals surface area contributed by atoms with Crippen molar-refractivity contribution in [2.45, 2.75) is 19.7 Å². The van der Waals surface area contributed by atoms with Gasteiger partial charge in [0.1, 0.15) is 17.3 Å². The van der Waals surface area contributed by atoms with Gasteiger partial charge in [0, 0.05) is 23.6 Å². The van der Waals surface area contributed by atoms with Crippen LogP contribution in [0.2, 0.25) is 0 Å². The topological polar surface area (TPSA) is 128 Å². The van der Waals surface area contributed by atoms with Gasteiger partial charge in [-0.05, 0) is 36.8 Å². The summed E-state index contributed by atoms with van der Waals surface area (Å²) >= 11 is 0. The number of aliphatic hydroxyl groups is 1. The van der Waals surface area contributed by atoms with Crippen LogP contribution in [-0.4, -0.2) is 34.6 Å². The van der Waals surface area contributed by atoms with Crippen LogP contribution in [0.15, 0.2) is 71.2 Å². The van der Waals surface area contributed by atoms with Gasteiger partial charge in [0.25, 0.3) is 11.1 Å². The molecule has 0 bridgehead atoms. The first-order valence-electron chi connectivity index (χ1n) is 12.2. The summed E-state index contributed by atoms with van der Waals surface area (Å²) in [5.74, 6) is -0.882. The Balaban J connectivity index is 1.61. The second-order valence-electron chi connectivity index (χ2n) is 9.31. The van der Waals surface area contributed by atoms with Crippen LogP contribution in [0.5, 0.6) is 0 Å². The van der Waals surface area contributed by atoms with Crippen LogP contribution in [0, 0.1) is 5.82 Å². The van der Waals surface area contributed by atoms with E-state index in [1.165, 1.54) is 31.4 Å². The molecule has 0 saturated carbocycles. The lowest BCUT2D eigenvalue weighted by molar-refractivity contribution is -0.141. The molecule has 0 saturated heterocycles. The Morgan fingerprint density at radius 1 is 1.07 bits per heavy atom. The Labute approximate surface area is 234 Å². The molecule has 0 atom stereocenters. The van der Waals surface area contributed by atoms with Gasteiger partial charge in [0.2, 0.25) is 0 Å². The van der Waals surface area contributed by atoms with E-state index >= 15 is 4.39 Å². The van der Waals surface area contributed by atoms with E-state index in [0.29, 0.717) is 22.9 Å². The molecule has 0 aliphatic heterocycles. The molecule has 0 fully saturated rings. The molecule has 0 amide bonds. The highest BCUT2D eigenvalue weighted by Gasteiger charge is 2.32. The zero-order chi connectivity index (χ0) is 30.3. The number of rotatable bonds is 6. The van der Waals surface area contributed by atoms with Gasteiger partial charge in [-0.3, -0.25) is 9.59 Å². The Morgan fingerprint density at radius 3 is 2.48 bits per heavy atom. The minimum absolute atomic E-state index is 0.0952. The predicted octanol–water partition coefficient (Wildman–Crippen LogP) is 4.36. The van der Waals surface area contributed by atoms with E-state index in [2.05, 4.69) is 32.1 Å². The van der Waals surface area contributed by atoms with E-state index in [1.807, 2.05) is 0 Å². The van der Waals surface area contributed by atoms with Crippen LogP contribution in [0.1, 0.15) is 23.7 Å². The van der Waals surface area contributed by atoms with Crippen LogP contribution in [0.4, 0.5) is 29.1 Å². The van der Waals surface area contributed by atoms with Crippen molar-refractivity contribution in [3.05, 3.63) is 105 Å². The summed E-state index contributed by atoms with van der Waals surface area (Å²) in [7, 11) is 1.36. The van der Waals surface area contributed by atoms with Crippen molar-refractivity contribution in [1.29, 1.82) is 0 Å². The largest absolute Gasteiger partial charge is 0.434 e. The first kappa shape index (κ1) is 28.3. The van der Waals surface area contributed by atoms with Crippen LogP contribution in [0.3, 0.4) is 0 Å². The summed E-state index contributed by atoms with van der Waals surface area (Å²) in [6.07, 6.45) is -1.99. The average molecular weight is 580 g/mol. The molecule has 42 heavy (non-hydrogen) atoms. The monoisotopic (exact) mass is 579 g/mol. The molecular formula is C28H21F4N7O3. The fourth-order valence-electron chi connectivity index (χ4n) is 4.34. The van der Waals surface area contributed by atoms with Gasteiger partial charge in [-0.2, -0.15) is 28.1 Å². The standard InChI is InChI=1S/C28H21F4N7O3/c1-14(2)15-7-16-10-35-39(27(42)25(16)19(29)8-15)22-6-4-5-17(18(22)13-40)20-9-21(26(41)38(3)37-20)36-24-12-33-23(11-34-24)28(30,31)32/h4-12,40H,1,13H2,2-3H3,(H,34,36). The molecule has 3 heterocycles. The molecule has 10 nitrogen and oxygen atoms in total. The fraction of sp³-hybridized carbons (Fsp3) is 0.143. The molecule has 3 aromatic heterocycles. The number of nitrogens with one attached hydrogen (secondary N) is 1. The van der Waals surface area contributed by atoms with Crippen LogP contribution >= 0.6 is 0 Å². The SMILES string of the molecule is C=C(C)c1cc(F)c2c(=O)n(-c3cccc(-c4cc(Nc5cnc(C(F)(F)F)cn5)c(=O)n(C)n4)c3CO)ncc2c1. The van der Waals surface area contributed by atoms with Gasteiger partial charge < -0.3 is 10.4 Å². The first-order chi connectivity index (χ1) is 19.9. The summed E-state index contributed by atoms with van der Waals surface area (Å²) in [4.78, 5) is 33.1. The van der Waals surface area contributed by atoms with Gasteiger partial charge in [-0.1, -0.05) is 24.3 Å². The van der Waals surface area contributed by atoms with E-state index in [-0.39, 0.29) is 39.2 Å². The first-order valence-corrected chi connectivity index (χ1v) is 12.2. The number of nitrogens with zero attached hydrogens (tertiary/aromatic N) is 6. The van der Waals surface area contributed by atoms with Crippen LogP contribution in [-0.2, 0) is 19.8 Å². The zero-order valence-electron chi connectivity index (χ0n) is 22.1. The summed E-state index contributed by atoms with van der Waals surface area (Å²) in [5.41, 5.74) is -0.752. The third kappa shape index (κ3) is 5.14. The quantitative estimate of drug-likeness (QED) is 0.284. The highest BCUT2D eigenvalue weighted by molar-refractivity contribution is 5.85. The fourth-order valence-corrected chi connectivity index (χ4v) is 4.34. The van der Waals surface area contributed by atoms with Gasteiger partial charge in [0.05, 0.1) is 42.0 Å². The summed E-state index contributed by atoms with van der Waals surface area (Å²) in [6, 6.07) is 8.78. The van der Waals surface area contributed by atoms with Gasteiger partial charge in [0.15, 0.2) is 5.69 Å². The maximum Gasteiger partial charge on any atom is 0.434 e. The Morgan fingerprint density at radius 2 is 1.83 bits per heavy atom. The molecule has 0 radical (unpaired) electrons.